The Morgan fingerprint density at radius 1 is 1.19 bits per heavy atom. The number of Topliss-reactive ketones (excluding diaryl/α,β-unsaturated/α-hetero) is 1. The lowest BCUT2D eigenvalue weighted by atomic mass is 9.92. The lowest BCUT2D eigenvalue weighted by Gasteiger charge is -2.28. The second kappa shape index (κ2) is 5.78. The van der Waals surface area contributed by atoms with E-state index >= 15 is 0 Å². The van der Waals surface area contributed by atoms with Crippen molar-refractivity contribution in [2.75, 3.05) is 7.11 Å². The summed E-state index contributed by atoms with van der Waals surface area (Å²) in [5.41, 5.74) is 2.17. The van der Waals surface area contributed by atoms with Crippen LogP contribution in [0.2, 0.25) is 0 Å². The van der Waals surface area contributed by atoms with Crippen LogP contribution in [0.1, 0.15) is 35.8 Å². The van der Waals surface area contributed by atoms with Gasteiger partial charge >= 0.3 is 12.0 Å². The van der Waals surface area contributed by atoms with Crippen molar-refractivity contribution in [1.29, 1.82) is 0 Å². The van der Waals surface area contributed by atoms with Crippen molar-refractivity contribution >= 4 is 17.8 Å². The first-order chi connectivity index (χ1) is 9.93. The molecule has 21 heavy (non-hydrogen) atoms. The van der Waals surface area contributed by atoms with Gasteiger partial charge in [0.25, 0.3) is 0 Å². The number of carbonyl (C=O) groups is 3. The molecule has 2 amide bonds. The summed E-state index contributed by atoms with van der Waals surface area (Å²) >= 11 is 0. The fourth-order valence-corrected chi connectivity index (χ4v) is 2.34. The molecule has 1 aliphatic rings. The molecule has 6 nitrogen and oxygen atoms in total. The molecule has 0 bridgehead atoms. The standard InChI is InChI=1S/C15H16N2O4/c1-8-12(9(2)18)13(17-15(20)16-8)10-4-6-11(7-5-10)14(19)21-3/h4-7,13H,1-3H3,(H2,16,17,20). The van der Waals surface area contributed by atoms with Crippen molar-refractivity contribution in [2.45, 2.75) is 19.9 Å². The molecule has 0 aliphatic carbocycles. The lowest BCUT2D eigenvalue weighted by Crippen LogP contribution is -2.44. The fourth-order valence-electron chi connectivity index (χ4n) is 2.34. The summed E-state index contributed by atoms with van der Waals surface area (Å²) in [5, 5.41) is 5.30. The molecule has 1 unspecified atom stereocenters. The van der Waals surface area contributed by atoms with E-state index in [1.807, 2.05) is 0 Å². The van der Waals surface area contributed by atoms with Gasteiger partial charge in [0.05, 0.1) is 18.7 Å². The molecule has 1 aromatic rings. The van der Waals surface area contributed by atoms with Crippen LogP contribution < -0.4 is 10.6 Å². The SMILES string of the molecule is COC(=O)c1ccc(C2NC(=O)NC(C)=C2C(C)=O)cc1. The van der Waals surface area contributed by atoms with Gasteiger partial charge in [-0.3, -0.25) is 4.79 Å². The molecule has 1 aromatic carbocycles. The molecule has 1 heterocycles. The van der Waals surface area contributed by atoms with Gasteiger partial charge in [-0.2, -0.15) is 0 Å². The first kappa shape index (κ1) is 14.8. The number of ether oxygens (including phenoxy) is 1. The van der Waals surface area contributed by atoms with Gasteiger partial charge in [-0.05, 0) is 31.5 Å². The van der Waals surface area contributed by atoms with Crippen LogP contribution in [-0.4, -0.2) is 24.9 Å². The second-order valence-electron chi connectivity index (χ2n) is 4.74. The number of amides is 2. The van der Waals surface area contributed by atoms with E-state index in [0.29, 0.717) is 16.8 Å². The Hall–Kier alpha value is -2.63. The van der Waals surface area contributed by atoms with Crippen LogP contribution in [-0.2, 0) is 9.53 Å². The first-order valence-corrected chi connectivity index (χ1v) is 6.41. The molecule has 2 N–H and O–H groups in total. The van der Waals surface area contributed by atoms with Gasteiger partial charge in [0.15, 0.2) is 5.78 Å². The monoisotopic (exact) mass is 288 g/mol. The van der Waals surface area contributed by atoms with Gasteiger partial charge in [-0.15, -0.1) is 0 Å². The largest absolute Gasteiger partial charge is 0.465 e. The molecule has 6 heteroatoms. The van der Waals surface area contributed by atoms with Gasteiger partial charge in [-0.1, -0.05) is 12.1 Å². The molecule has 0 spiro atoms. The summed E-state index contributed by atoms with van der Waals surface area (Å²) in [6.07, 6.45) is 0. The Bertz CT molecular complexity index is 632. The topological polar surface area (TPSA) is 84.5 Å². The summed E-state index contributed by atoms with van der Waals surface area (Å²) < 4.78 is 4.63. The average Bonchev–Trinajstić information content (AvgIpc) is 2.45. The van der Waals surface area contributed by atoms with Crippen LogP contribution >= 0.6 is 0 Å². The number of nitrogens with one attached hydrogen (secondary N) is 2. The summed E-state index contributed by atoms with van der Waals surface area (Å²) in [7, 11) is 1.31. The maximum atomic E-state index is 11.8. The Kier molecular flexibility index (Phi) is 4.07. The van der Waals surface area contributed by atoms with Gasteiger partial charge in [-0.25, -0.2) is 9.59 Å². The van der Waals surface area contributed by atoms with Crippen LogP contribution in [0.4, 0.5) is 4.79 Å². The molecule has 0 aromatic heterocycles. The summed E-state index contributed by atoms with van der Waals surface area (Å²) in [6, 6.07) is 5.70. The molecule has 1 aliphatic heterocycles. The first-order valence-electron chi connectivity index (χ1n) is 6.41. The quantitative estimate of drug-likeness (QED) is 0.829. The zero-order valence-corrected chi connectivity index (χ0v) is 12.0. The van der Waals surface area contributed by atoms with E-state index in [2.05, 4.69) is 15.4 Å². The third kappa shape index (κ3) is 2.94. The normalized spacial score (nSPS) is 17.9. The number of esters is 1. The number of allylic oxidation sites excluding steroid dienone is 1. The summed E-state index contributed by atoms with van der Waals surface area (Å²) in [4.78, 5) is 34.8. The van der Waals surface area contributed by atoms with Crippen molar-refractivity contribution in [3.63, 3.8) is 0 Å². The number of urea groups is 1. The zero-order chi connectivity index (χ0) is 15.6. The highest BCUT2D eigenvalue weighted by atomic mass is 16.5. The number of benzene rings is 1. The third-order valence-electron chi connectivity index (χ3n) is 3.31. The molecular formula is C15H16N2O4. The van der Waals surface area contributed by atoms with Gasteiger partial charge in [0, 0.05) is 11.3 Å². The minimum Gasteiger partial charge on any atom is -0.465 e. The maximum Gasteiger partial charge on any atom is 0.337 e. The van der Waals surface area contributed by atoms with E-state index in [9.17, 15) is 14.4 Å². The van der Waals surface area contributed by atoms with Gasteiger partial charge in [0.2, 0.25) is 0 Å². The average molecular weight is 288 g/mol. The molecule has 2 rings (SSSR count). The van der Waals surface area contributed by atoms with Crippen molar-refractivity contribution in [2.24, 2.45) is 0 Å². The van der Waals surface area contributed by atoms with E-state index in [-0.39, 0.29) is 11.8 Å². The van der Waals surface area contributed by atoms with Gasteiger partial charge in [0.1, 0.15) is 0 Å². The van der Waals surface area contributed by atoms with Crippen LogP contribution in [0.3, 0.4) is 0 Å². The van der Waals surface area contributed by atoms with Crippen molar-refractivity contribution < 1.29 is 19.1 Å². The zero-order valence-electron chi connectivity index (χ0n) is 12.0. The van der Waals surface area contributed by atoms with Crippen LogP contribution in [0, 0.1) is 0 Å². The minimum absolute atomic E-state index is 0.123. The predicted octanol–water partition coefficient (Wildman–Crippen LogP) is 1.69. The second-order valence-corrected chi connectivity index (χ2v) is 4.74. The Morgan fingerprint density at radius 3 is 2.33 bits per heavy atom. The molecule has 1 atom stereocenters. The lowest BCUT2D eigenvalue weighted by molar-refractivity contribution is -0.114. The highest BCUT2D eigenvalue weighted by Crippen LogP contribution is 2.27. The third-order valence-corrected chi connectivity index (χ3v) is 3.31. The number of rotatable bonds is 3. The summed E-state index contributed by atoms with van der Waals surface area (Å²) in [5.74, 6) is -0.559. The van der Waals surface area contributed by atoms with Gasteiger partial charge < -0.3 is 15.4 Å². The number of methoxy groups -OCH3 is 1. The molecule has 110 valence electrons. The minimum atomic E-state index is -0.525. The smallest absolute Gasteiger partial charge is 0.337 e. The molecule has 0 saturated carbocycles. The van der Waals surface area contributed by atoms with Crippen LogP contribution in [0.15, 0.2) is 35.5 Å². The fraction of sp³-hybridized carbons (Fsp3) is 0.267. The Morgan fingerprint density at radius 2 is 1.81 bits per heavy atom. The molecule has 0 saturated heterocycles. The number of carbonyl (C=O) groups excluding carboxylic acids is 3. The van der Waals surface area contributed by atoms with Crippen LogP contribution in [0.5, 0.6) is 0 Å². The van der Waals surface area contributed by atoms with E-state index in [0.717, 1.165) is 5.56 Å². The highest BCUT2D eigenvalue weighted by Gasteiger charge is 2.29. The molecular weight excluding hydrogens is 272 g/mol. The van der Waals surface area contributed by atoms with Crippen molar-refractivity contribution in [3.05, 3.63) is 46.7 Å². The Balaban J connectivity index is 2.39. The van der Waals surface area contributed by atoms with E-state index in [1.54, 1.807) is 31.2 Å². The van der Waals surface area contributed by atoms with Crippen molar-refractivity contribution in [1.82, 2.24) is 10.6 Å². The van der Waals surface area contributed by atoms with E-state index in [4.69, 9.17) is 0 Å². The van der Waals surface area contributed by atoms with Crippen LogP contribution in [0.25, 0.3) is 0 Å². The van der Waals surface area contributed by atoms with E-state index in [1.165, 1.54) is 14.0 Å². The number of ketones is 1. The maximum absolute atomic E-state index is 11.8. The summed E-state index contributed by atoms with van der Waals surface area (Å²) in [6.45, 7) is 3.14. The van der Waals surface area contributed by atoms with E-state index < -0.39 is 12.0 Å². The number of hydrogen-bond donors (Lipinski definition) is 2. The predicted molar refractivity (Wildman–Crippen MR) is 75.6 cm³/mol. The molecule has 0 radical (unpaired) electrons. The number of hydrogen-bond acceptors (Lipinski definition) is 4. The Labute approximate surface area is 122 Å². The van der Waals surface area contributed by atoms with Crippen molar-refractivity contribution in [3.8, 4) is 0 Å². The highest BCUT2D eigenvalue weighted by molar-refractivity contribution is 5.98. The molecule has 0 fully saturated rings.